The number of anilines is 1. The van der Waals surface area contributed by atoms with E-state index in [1.807, 2.05) is 24.5 Å². The van der Waals surface area contributed by atoms with Crippen LogP contribution in [-0.2, 0) is 36.5 Å². The van der Waals surface area contributed by atoms with Gasteiger partial charge >= 0.3 is 0 Å². The number of hydrogen-bond donors (Lipinski definition) is 0. The Bertz CT molecular complexity index is 3080. The van der Waals surface area contributed by atoms with Gasteiger partial charge in [-0.2, -0.15) is 4.58 Å². The van der Waals surface area contributed by atoms with E-state index in [2.05, 4.69) is 236 Å². The molecule has 6 aromatic carbocycles. The third-order valence-electron chi connectivity index (χ3n) is 13.5. The number of allylic oxidation sites excluding steroid dienone is 10. The topological polar surface area (TPSA) is 32.0 Å². The second-order valence-electron chi connectivity index (χ2n) is 17.5. The molecule has 2 aromatic heterocycles. The summed E-state index contributed by atoms with van der Waals surface area (Å²) in [5.74, 6) is 0. The molecule has 0 amide bonds. The molecule has 65 heavy (non-hydrogen) atoms. The van der Waals surface area contributed by atoms with Gasteiger partial charge in [0.05, 0.1) is 16.4 Å². The molecule has 8 aromatic rings. The summed E-state index contributed by atoms with van der Waals surface area (Å²) in [5, 5.41) is 2.30. The van der Waals surface area contributed by atoms with Gasteiger partial charge in [-0.1, -0.05) is 176 Å². The second kappa shape index (κ2) is 18.2. The molecule has 2 aliphatic rings. The highest BCUT2D eigenvalue weighted by molar-refractivity contribution is 6.05. The molecular formula is C61H53N4+. The van der Waals surface area contributed by atoms with Crippen LogP contribution >= 0.6 is 0 Å². The summed E-state index contributed by atoms with van der Waals surface area (Å²) in [5.41, 5.74) is 14.3. The molecule has 0 saturated carbocycles. The fraction of sp³-hybridized carbons (Fsp3) is 0.131. The van der Waals surface area contributed by atoms with E-state index in [1.54, 1.807) is 0 Å². The number of likely N-dealkylation sites (N-methyl/N-ethyl adjacent to an activating group) is 1. The minimum Gasteiger partial charge on any atom is -0.347 e. The summed E-state index contributed by atoms with van der Waals surface area (Å²) in [4.78, 5) is 12.0. The first-order valence-corrected chi connectivity index (χ1v) is 22.7. The highest BCUT2D eigenvalue weighted by atomic mass is 15.2. The highest BCUT2D eigenvalue weighted by Gasteiger charge is 2.51. The third kappa shape index (κ3) is 8.20. The van der Waals surface area contributed by atoms with E-state index in [4.69, 9.17) is 9.97 Å². The number of hydrogen-bond acceptors (Lipinski definition) is 3. The first-order chi connectivity index (χ1) is 32.0. The molecule has 4 heterocycles. The lowest BCUT2D eigenvalue weighted by atomic mass is 9.69. The van der Waals surface area contributed by atoms with Gasteiger partial charge in [0.1, 0.15) is 7.05 Å². The zero-order valence-corrected chi connectivity index (χ0v) is 37.1. The average Bonchev–Trinajstić information content (AvgIpc) is 3.68. The maximum atomic E-state index is 4.81. The van der Waals surface area contributed by atoms with E-state index in [-0.39, 0.29) is 10.8 Å². The van der Waals surface area contributed by atoms with Crippen molar-refractivity contribution in [2.24, 2.45) is 0 Å². The smallest absolute Gasteiger partial charge is 0.210 e. The zero-order valence-electron chi connectivity index (χ0n) is 37.1. The lowest BCUT2D eigenvalue weighted by Crippen LogP contribution is -2.39. The minimum absolute atomic E-state index is 0.304. The third-order valence-corrected chi connectivity index (χ3v) is 13.5. The van der Waals surface area contributed by atoms with E-state index < -0.39 is 0 Å². The number of fused-ring (bicyclic) bond motifs is 4. The van der Waals surface area contributed by atoms with Crippen molar-refractivity contribution in [3.63, 3.8) is 0 Å². The molecule has 2 aliphatic heterocycles. The molecule has 0 spiro atoms. The van der Waals surface area contributed by atoms with Crippen molar-refractivity contribution in [2.75, 3.05) is 19.0 Å². The molecule has 4 heteroatoms. The Labute approximate surface area is 383 Å². The predicted molar refractivity (Wildman–Crippen MR) is 271 cm³/mol. The molecule has 0 atom stereocenters. The first-order valence-electron chi connectivity index (χ1n) is 22.7. The van der Waals surface area contributed by atoms with Gasteiger partial charge in [-0.05, 0) is 89.9 Å². The van der Waals surface area contributed by atoms with Crippen LogP contribution in [0.2, 0.25) is 0 Å². The molecule has 316 valence electrons. The van der Waals surface area contributed by atoms with Crippen molar-refractivity contribution in [2.45, 2.75) is 36.5 Å². The summed E-state index contributed by atoms with van der Waals surface area (Å²) < 4.78 is 2.40. The summed E-state index contributed by atoms with van der Waals surface area (Å²) in [6.45, 7) is 0. The van der Waals surface area contributed by atoms with E-state index in [0.29, 0.717) is 0 Å². The van der Waals surface area contributed by atoms with E-state index >= 15 is 0 Å². The van der Waals surface area contributed by atoms with Gasteiger partial charge in [-0.15, -0.1) is 0 Å². The van der Waals surface area contributed by atoms with Gasteiger partial charge in [-0.25, -0.2) is 0 Å². The van der Waals surface area contributed by atoms with Crippen LogP contribution in [0.1, 0.15) is 33.4 Å². The van der Waals surface area contributed by atoms with E-state index in [0.717, 1.165) is 47.5 Å². The molecule has 0 N–H and O–H groups in total. The Kier molecular flexibility index (Phi) is 11.6. The molecule has 0 unspecified atom stereocenters. The van der Waals surface area contributed by atoms with Gasteiger partial charge in [-0.3, -0.25) is 9.97 Å². The Morgan fingerprint density at radius 3 is 1.45 bits per heavy atom. The van der Waals surface area contributed by atoms with E-state index in [1.165, 1.54) is 56.2 Å². The molecule has 0 fully saturated rings. The van der Waals surface area contributed by atoms with Crippen molar-refractivity contribution in [1.29, 1.82) is 0 Å². The summed E-state index contributed by atoms with van der Waals surface area (Å²) in [6, 6.07) is 61.4. The second-order valence-corrected chi connectivity index (χ2v) is 17.5. The van der Waals surface area contributed by atoms with Crippen LogP contribution in [0, 0.1) is 0 Å². The van der Waals surface area contributed by atoms with Crippen LogP contribution in [-0.4, -0.2) is 34.4 Å². The van der Waals surface area contributed by atoms with Crippen LogP contribution in [0.3, 0.4) is 0 Å². The fourth-order valence-corrected chi connectivity index (χ4v) is 10.5. The van der Waals surface area contributed by atoms with Crippen LogP contribution in [0.25, 0.3) is 21.8 Å². The molecule has 0 saturated heterocycles. The van der Waals surface area contributed by atoms with Gasteiger partial charge in [0.25, 0.3) is 0 Å². The Morgan fingerprint density at radius 1 is 0.477 bits per heavy atom. The lowest BCUT2D eigenvalue weighted by Gasteiger charge is -2.33. The maximum Gasteiger partial charge on any atom is 0.210 e. The highest BCUT2D eigenvalue weighted by Crippen LogP contribution is 2.52. The Morgan fingerprint density at radius 2 is 0.923 bits per heavy atom. The summed E-state index contributed by atoms with van der Waals surface area (Å²) in [6.07, 6.45) is 26.9. The van der Waals surface area contributed by atoms with Crippen molar-refractivity contribution in [3.05, 3.63) is 276 Å². The fourth-order valence-electron chi connectivity index (χ4n) is 10.5. The molecule has 0 radical (unpaired) electrons. The number of pyridine rings is 2. The zero-order chi connectivity index (χ0) is 44.1. The van der Waals surface area contributed by atoms with Crippen LogP contribution in [0.15, 0.2) is 243 Å². The van der Waals surface area contributed by atoms with Gasteiger partial charge in [0.2, 0.25) is 5.69 Å². The van der Waals surface area contributed by atoms with Crippen molar-refractivity contribution >= 4 is 38.9 Å². The van der Waals surface area contributed by atoms with Crippen LogP contribution < -0.4 is 4.90 Å². The standard InChI is InChI=1S/C61H53N4/c1-64-56-38-50-32-22-36-62-54(50)40-52(56)60(42-46-24-12-8-13-25-46,43-47-26-14-9-15-27-47)58(64)34-20-6-4-3-5-7-21-35-59-61(44-48-28-16-10-17-29-48,45-49-30-18-11-19-31-49)53-41-55-51(33-23-37-63-55)39-57(53)65(59)2/h3-41H,42-45H2,1-2H3/q+1. The largest absolute Gasteiger partial charge is 0.347 e. The van der Waals surface area contributed by atoms with Gasteiger partial charge in [0, 0.05) is 64.7 Å². The molecule has 0 bridgehead atoms. The molecule has 10 rings (SSSR count). The van der Waals surface area contributed by atoms with Crippen molar-refractivity contribution in [3.8, 4) is 0 Å². The predicted octanol–water partition coefficient (Wildman–Crippen LogP) is 13.2. The quantitative estimate of drug-likeness (QED) is 0.0856. The number of benzene rings is 6. The summed E-state index contributed by atoms with van der Waals surface area (Å²) in [7, 11) is 4.44. The maximum absolute atomic E-state index is 4.81. The monoisotopic (exact) mass is 841 g/mol. The molecule has 0 aliphatic carbocycles. The van der Waals surface area contributed by atoms with Gasteiger partial charge in [0.15, 0.2) is 5.71 Å². The number of nitrogens with zero attached hydrogens (tertiary/aromatic N) is 4. The Hall–Kier alpha value is -7.69. The number of rotatable bonds is 13. The van der Waals surface area contributed by atoms with E-state index in [9.17, 15) is 0 Å². The van der Waals surface area contributed by atoms with Gasteiger partial charge < -0.3 is 4.90 Å². The van der Waals surface area contributed by atoms with Crippen LogP contribution in [0.5, 0.6) is 0 Å². The first kappa shape index (κ1) is 41.3. The van der Waals surface area contributed by atoms with Crippen molar-refractivity contribution in [1.82, 2.24) is 9.97 Å². The normalized spacial score (nSPS) is 16.0. The molecule has 4 nitrogen and oxygen atoms in total. The lowest BCUT2D eigenvalue weighted by molar-refractivity contribution is -0.401. The minimum atomic E-state index is -0.304. The van der Waals surface area contributed by atoms with Crippen LogP contribution in [0.4, 0.5) is 11.4 Å². The summed E-state index contributed by atoms with van der Waals surface area (Å²) >= 11 is 0. The SMILES string of the molecule is CN1/C(=C/C=C/C=C/C=C/C=C/C2=[N+](C)c3cc4cccnc4cc3C2(Cc2ccccc2)Cc2ccccc2)C(Cc2ccccc2)(Cc2ccccc2)c2cc3ncccc3cc21. The number of aromatic nitrogens is 2. The average molecular weight is 842 g/mol. The Balaban J connectivity index is 0.964. The van der Waals surface area contributed by atoms with Crippen molar-refractivity contribution < 1.29 is 4.58 Å². The molecular weight excluding hydrogens is 789 g/mol.